The Bertz CT molecular complexity index is 563. The van der Waals surface area contributed by atoms with Crippen molar-refractivity contribution in [1.82, 2.24) is 9.55 Å². The highest BCUT2D eigenvalue weighted by Gasteiger charge is 2.03. The van der Waals surface area contributed by atoms with E-state index in [1.54, 1.807) is 0 Å². The van der Waals surface area contributed by atoms with Crippen LogP contribution in [0.2, 0.25) is 0 Å². The number of hydrogen-bond acceptors (Lipinski definition) is 4. The second-order valence-corrected chi connectivity index (χ2v) is 5.09. The summed E-state index contributed by atoms with van der Waals surface area (Å²) >= 11 is 0. The van der Waals surface area contributed by atoms with Crippen LogP contribution in [0.4, 0.5) is 11.4 Å². The second kappa shape index (κ2) is 6.32. The summed E-state index contributed by atoms with van der Waals surface area (Å²) in [5.41, 5.74) is 7.55. The largest absolute Gasteiger partial charge is 0.491 e. The first-order valence-corrected chi connectivity index (χ1v) is 6.82. The van der Waals surface area contributed by atoms with Crippen molar-refractivity contribution in [1.29, 1.82) is 0 Å². The fourth-order valence-corrected chi connectivity index (χ4v) is 2.02. The average molecular weight is 274 g/mol. The van der Waals surface area contributed by atoms with E-state index in [1.807, 2.05) is 56.1 Å². The number of nitrogens with one attached hydrogen (secondary N) is 1. The molecule has 2 aromatic rings. The van der Waals surface area contributed by atoms with E-state index in [1.165, 1.54) is 0 Å². The fraction of sp³-hybridized carbons (Fsp3) is 0.400. The van der Waals surface area contributed by atoms with Crippen molar-refractivity contribution < 1.29 is 4.74 Å². The minimum atomic E-state index is 0.136. The van der Waals surface area contributed by atoms with Gasteiger partial charge in [0.2, 0.25) is 0 Å². The molecule has 0 saturated carbocycles. The molecular formula is C15H22N4O. The first-order chi connectivity index (χ1) is 9.54. The van der Waals surface area contributed by atoms with Crippen molar-refractivity contribution in [3.63, 3.8) is 0 Å². The molecule has 1 heterocycles. The van der Waals surface area contributed by atoms with Gasteiger partial charge >= 0.3 is 0 Å². The SMILES string of the molecule is CC(C)Oc1cc(N)cc(NCCc2nccn2C)c1. The highest BCUT2D eigenvalue weighted by Crippen LogP contribution is 2.23. The highest BCUT2D eigenvalue weighted by atomic mass is 16.5. The van der Waals surface area contributed by atoms with Gasteiger partial charge in [-0.3, -0.25) is 0 Å². The van der Waals surface area contributed by atoms with Gasteiger partial charge in [-0.1, -0.05) is 0 Å². The molecule has 0 fully saturated rings. The number of ether oxygens (including phenoxy) is 1. The second-order valence-electron chi connectivity index (χ2n) is 5.09. The predicted octanol–water partition coefficient (Wildman–Crippen LogP) is 2.44. The Balaban J connectivity index is 1.95. The van der Waals surface area contributed by atoms with Crippen LogP contribution in [-0.2, 0) is 13.5 Å². The molecule has 20 heavy (non-hydrogen) atoms. The van der Waals surface area contributed by atoms with Gasteiger partial charge in [0, 0.05) is 55.9 Å². The lowest BCUT2D eigenvalue weighted by Crippen LogP contribution is -2.10. The molecule has 5 nitrogen and oxygen atoms in total. The van der Waals surface area contributed by atoms with E-state index in [9.17, 15) is 0 Å². The topological polar surface area (TPSA) is 65.1 Å². The quantitative estimate of drug-likeness (QED) is 0.794. The van der Waals surface area contributed by atoms with Crippen LogP contribution in [0.15, 0.2) is 30.6 Å². The van der Waals surface area contributed by atoms with Crippen molar-refractivity contribution in [2.75, 3.05) is 17.6 Å². The Kier molecular flexibility index (Phi) is 4.50. The summed E-state index contributed by atoms with van der Waals surface area (Å²) < 4.78 is 7.69. The molecular weight excluding hydrogens is 252 g/mol. The number of imidazole rings is 1. The molecule has 0 spiro atoms. The summed E-state index contributed by atoms with van der Waals surface area (Å²) in [5, 5.41) is 3.35. The first kappa shape index (κ1) is 14.2. The van der Waals surface area contributed by atoms with Crippen LogP contribution >= 0.6 is 0 Å². The van der Waals surface area contributed by atoms with Gasteiger partial charge in [0.15, 0.2) is 0 Å². The van der Waals surface area contributed by atoms with Crippen molar-refractivity contribution in [2.45, 2.75) is 26.4 Å². The molecule has 1 aromatic carbocycles. The van der Waals surface area contributed by atoms with Crippen LogP contribution in [0, 0.1) is 0 Å². The Morgan fingerprint density at radius 2 is 2.15 bits per heavy atom. The summed E-state index contributed by atoms with van der Waals surface area (Å²) in [6, 6.07) is 5.71. The predicted molar refractivity (Wildman–Crippen MR) is 82.0 cm³/mol. The fourth-order valence-electron chi connectivity index (χ4n) is 2.02. The maximum atomic E-state index is 5.89. The zero-order valence-corrected chi connectivity index (χ0v) is 12.3. The van der Waals surface area contributed by atoms with Crippen LogP contribution in [0.5, 0.6) is 5.75 Å². The number of aromatic nitrogens is 2. The van der Waals surface area contributed by atoms with Crippen molar-refractivity contribution in [2.24, 2.45) is 7.05 Å². The van der Waals surface area contributed by atoms with Crippen molar-refractivity contribution in [3.05, 3.63) is 36.4 Å². The Hall–Kier alpha value is -2.17. The molecule has 0 aliphatic rings. The standard InChI is InChI=1S/C15H22N4O/c1-11(2)20-14-9-12(16)8-13(10-14)17-5-4-15-18-6-7-19(15)3/h6-11,17H,4-5,16H2,1-3H3. The van der Waals surface area contributed by atoms with Gasteiger partial charge in [0.05, 0.1) is 6.10 Å². The van der Waals surface area contributed by atoms with E-state index < -0.39 is 0 Å². The van der Waals surface area contributed by atoms with Gasteiger partial charge in [-0.15, -0.1) is 0 Å². The van der Waals surface area contributed by atoms with E-state index in [0.29, 0.717) is 5.69 Å². The normalized spacial score (nSPS) is 10.8. The molecule has 0 bridgehead atoms. The number of nitrogen functional groups attached to an aromatic ring is 1. The van der Waals surface area contributed by atoms with Crippen LogP contribution in [0.25, 0.3) is 0 Å². The lowest BCUT2D eigenvalue weighted by Gasteiger charge is -2.13. The first-order valence-electron chi connectivity index (χ1n) is 6.82. The number of aryl methyl sites for hydroxylation is 1. The number of benzene rings is 1. The third kappa shape index (κ3) is 3.91. The maximum absolute atomic E-state index is 5.89. The number of anilines is 2. The Morgan fingerprint density at radius 1 is 1.35 bits per heavy atom. The van der Waals surface area contributed by atoms with Gasteiger partial charge in [0.1, 0.15) is 11.6 Å². The summed E-state index contributed by atoms with van der Waals surface area (Å²) in [6.07, 6.45) is 4.75. The van der Waals surface area contributed by atoms with Gasteiger partial charge in [-0.25, -0.2) is 4.98 Å². The third-order valence-corrected chi connectivity index (χ3v) is 2.90. The van der Waals surface area contributed by atoms with Gasteiger partial charge < -0.3 is 20.4 Å². The molecule has 0 atom stereocenters. The summed E-state index contributed by atoms with van der Waals surface area (Å²) in [6.45, 7) is 4.80. The summed E-state index contributed by atoms with van der Waals surface area (Å²) in [4.78, 5) is 4.30. The minimum Gasteiger partial charge on any atom is -0.491 e. The van der Waals surface area contributed by atoms with Gasteiger partial charge in [-0.05, 0) is 19.9 Å². The third-order valence-electron chi connectivity index (χ3n) is 2.90. The molecule has 108 valence electrons. The number of nitrogens with two attached hydrogens (primary N) is 1. The van der Waals surface area contributed by atoms with E-state index >= 15 is 0 Å². The van der Waals surface area contributed by atoms with Gasteiger partial charge in [-0.2, -0.15) is 0 Å². The molecule has 0 amide bonds. The van der Waals surface area contributed by atoms with Crippen LogP contribution in [0.1, 0.15) is 19.7 Å². The maximum Gasteiger partial charge on any atom is 0.123 e. The number of rotatable bonds is 6. The van der Waals surface area contributed by atoms with Crippen LogP contribution < -0.4 is 15.8 Å². The lowest BCUT2D eigenvalue weighted by atomic mass is 10.2. The molecule has 3 N–H and O–H groups in total. The zero-order valence-electron chi connectivity index (χ0n) is 12.3. The number of hydrogen-bond donors (Lipinski definition) is 2. The van der Waals surface area contributed by atoms with Crippen molar-refractivity contribution >= 4 is 11.4 Å². The van der Waals surface area contributed by atoms with E-state index in [-0.39, 0.29) is 6.10 Å². The molecule has 0 saturated heterocycles. The molecule has 2 rings (SSSR count). The lowest BCUT2D eigenvalue weighted by molar-refractivity contribution is 0.242. The molecule has 0 aliphatic carbocycles. The average Bonchev–Trinajstić information content (AvgIpc) is 2.73. The van der Waals surface area contributed by atoms with E-state index in [2.05, 4.69) is 10.3 Å². The molecule has 0 aliphatic heterocycles. The zero-order chi connectivity index (χ0) is 14.5. The summed E-state index contributed by atoms with van der Waals surface area (Å²) in [7, 11) is 2.00. The highest BCUT2D eigenvalue weighted by molar-refractivity contribution is 5.59. The monoisotopic (exact) mass is 274 g/mol. The number of nitrogens with zero attached hydrogens (tertiary/aromatic N) is 2. The molecule has 1 aromatic heterocycles. The van der Waals surface area contributed by atoms with Crippen molar-refractivity contribution in [3.8, 4) is 5.75 Å². The molecule has 0 unspecified atom stereocenters. The van der Waals surface area contributed by atoms with Gasteiger partial charge in [0.25, 0.3) is 0 Å². The molecule has 0 radical (unpaired) electrons. The summed E-state index contributed by atoms with van der Waals surface area (Å²) in [5.74, 6) is 1.85. The molecule has 5 heteroatoms. The van der Waals surface area contributed by atoms with E-state index in [0.717, 1.165) is 30.2 Å². The smallest absolute Gasteiger partial charge is 0.123 e. The van der Waals surface area contributed by atoms with Crippen LogP contribution in [-0.4, -0.2) is 22.2 Å². The minimum absolute atomic E-state index is 0.136. The van der Waals surface area contributed by atoms with E-state index in [4.69, 9.17) is 10.5 Å². The van der Waals surface area contributed by atoms with Crippen LogP contribution in [0.3, 0.4) is 0 Å². The Morgan fingerprint density at radius 3 is 2.80 bits per heavy atom. The Labute approximate surface area is 119 Å².